The molecular weight excluding hydrogens is 865 g/mol. The first-order chi connectivity index (χ1) is 31.2. The van der Waals surface area contributed by atoms with Crippen molar-refractivity contribution < 1.29 is 47.1 Å². The van der Waals surface area contributed by atoms with Gasteiger partial charge in [-0.15, -0.1) is 0 Å². The Kier molecular flexibility index (Phi) is 26.5. The van der Waals surface area contributed by atoms with Gasteiger partial charge in [-0.1, -0.05) is 153 Å². The zero-order chi connectivity index (χ0) is 49.1. The lowest BCUT2D eigenvalue weighted by molar-refractivity contribution is -0.142. The van der Waals surface area contributed by atoms with Crippen LogP contribution in [0, 0.1) is 11.8 Å². The minimum Gasteiger partial charge on any atom is -0.480 e. The van der Waals surface area contributed by atoms with Crippen LogP contribution in [-0.2, 0) is 56.2 Å². The van der Waals surface area contributed by atoms with Gasteiger partial charge in [0.25, 0.3) is 0 Å². The number of hydrogen-bond acceptors (Lipinski definition) is 9. The van der Waals surface area contributed by atoms with Gasteiger partial charge >= 0.3 is 5.97 Å². The highest BCUT2D eigenvalue weighted by Gasteiger charge is 2.32. The maximum Gasteiger partial charge on any atom is 0.326 e. The molecule has 66 heavy (non-hydrogen) atoms. The smallest absolute Gasteiger partial charge is 0.326 e. The maximum atomic E-state index is 13.5. The molecule has 8 N–H and O–H groups in total. The van der Waals surface area contributed by atoms with E-state index in [1.807, 2.05) is 58.0 Å². The molecule has 0 aromatic heterocycles. The lowest BCUT2D eigenvalue weighted by Crippen LogP contribution is -2.58. The Morgan fingerprint density at radius 1 is 0.530 bits per heavy atom. The van der Waals surface area contributed by atoms with Crippen LogP contribution in [0.2, 0.25) is 0 Å². The van der Waals surface area contributed by atoms with Crippen LogP contribution in [0.25, 0.3) is 0 Å². The van der Waals surface area contributed by atoms with Crippen molar-refractivity contribution in [1.82, 2.24) is 26.6 Å². The summed E-state index contributed by atoms with van der Waals surface area (Å²) in [5.74, 6) is -5.31. The zero-order valence-corrected chi connectivity index (χ0v) is 40.5. The summed E-state index contributed by atoms with van der Waals surface area (Å²) in [6.45, 7) is 7.51. The second-order valence-corrected chi connectivity index (χ2v) is 20.4. The van der Waals surface area contributed by atoms with Gasteiger partial charge in [-0.2, -0.15) is 0 Å². The number of carboxylic acid groups (broad SMARTS) is 1. The first-order valence-electron chi connectivity index (χ1n) is 23.5. The first-order valence-corrected chi connectivity index (χ1v) is 25.6. The number of nitrogens with two attached hydrogens (primary N) is 1. The van der Waals surface area contributed by atoms with Crippen molar-refractivity contribution in [2.75, 3.05) is 12.0 Å². The van der Waals surface area contributed by atoms with Gasteiger partial charge in [-0.05, 0) is 42.2 Å². The molecule has 6 amide bonds. The molecule has 0 spiro atoms. The molecule has 5 atom stereocenters. The highest BCUT2D eigenvalue weighted by Crippen LogP contribution is 2.15. The van der Waals surface area contributed by atoms with E-state index in [0.29, 0.717) is 24.8 Å². The second-order valence-electron chi connectivity index (χ2n) is 18.2. The predicted molar refractivity (Wildman–Crippen MR) is 255 cm³/mol. The maximum absolute atomic E-state index is 13.5. The standard InChI is InChI=1S/C49H76N6O10S/c1-34(2)30-39(46(59)52-38(45(50)58)31-36-24-18-16-19-25-36)53-48(61)44(35(3)4)55-43(57)29-23-15-13-11-9-7-6-8-10-12-14-22-28-42(56)51-41(33-66(5,64)65)47(60)54-40(49(62)63)32-37-26-20-17-21-27-37/h16-21,24-27,34-35,38-41,44H,6-15,22-23,28-33H2,1-5H3,(H2,50,58)(H,51,56)(H,52,59)(H,53,61)(H,54,60)(H,55,57)(H,62,63)/t38-,39-,40-,41-,44-/m0/s1. The molecule has 0 aliphatic rings. The van der Waals surface area contributed by atoms with E-state index >= 15 is 0 Å². The number of nitrogens with one attached hydrogen (secondary N) is 5. The fourth-order valence-electron chi connectivity index (χ4n) is 7.50. The number of carbonyl (C=O) groups is 7. The monoisotopic (exact) mass is 941 g/mol. The SMILES string of the molecule is CC(C)C[C@H](NC(=O)[C@@H](NC(=O)CCCCCCCCCCCCCCC(=O)N[C@@H](CS(C)(=O)=O)C(=O)N[C@@H](Cc1ccccc1)C(=O)O)C(C)C)C(=O)N[C@@H](Cc1ccccc1)C(N)=O. The van der Waals surface area contributed by atoms with Gasteiger partial charge in [0.05, 0.1) is 5.75 Å². The van der Waals surface area contributed by atoms with Crippen LogP contribution < -0.4 is 32.3 Å². The summed E-state index contributed by atoms with van der Waals surface area (Å²) in [5.41, 5.74) is 7.13. The van der Waals surface area contributed by atoms with Crippen LogP contribution in [0.15, 0.2) is 60.7 Å². The Hall–Kier alpha value is -5.32. The van der Waals surface area contributed by atoms with Crippen molar-refractivity contribution in [3.05, 3.63) is 71.8 Å². The van der Waals surface area contributed by atoms with Crippen LogP contribution >= 0.6 is 0 Å². The van der Waals surface area contributed by atoms with Crippen molar-refractivity contribution in [3.63, 3.8) is 0 Å². The number of hydrogen-bond donors (Lipinski definition) is 7. The lowest BCUT2D eigenvalue weighted by Gasteiger charge is -2.27. The molecule has 0 bridgehead atoms. The van der Waals surface area contributed by atoms with E-state index in [2.05, 4.69) is 26.6 Å². The fraction of sp³-hybridized carbons (Fsp3) is 0.612. The Balaban J connectivity index is 1.63. The number of unbranched alkanes of at least 4 members (excludes halogenated alkanes) is 11. The molecule has 0 unspecified atom stereocenters. The summed E-state index contributed by atoms with van der Waals surface area (Å²) in [5, 5.41) is 22.9. The molecule has 2 aromatic rings. The van der Waals surface area contributed by atoms with E-state index in [9.17, 15) is 47.1 Å². The molecule has 0 aliphatic carbocycles. The molecule has 0 radical (unpaired) electrons. The van der Waals surface area contributed by atoms with Crippen molar-refractivity contribution in [2.24, 2.45) is 17.6 Å². The Bertz CT molecular complexity index is 1930. The number of rotatable bonds is 34. The number of aliphatic carboxylic acids is 1. The normalized spacial score (nSPS) is 13.7. The van der Waals surface area contributed by atoms with Gasteiger partial charge in [-0.3, -0.25) is 28.8 Å². The minimum absolute atomic E-state index is 0.000892. The van der Waals surface area contributed by atoms with Crippen molar-refractivity contribution >= 4 is 51.2 Å². The molecule has 2 rings (SSSR count). The van der Waals surface area contributed by atoms with E-state index in [4.69, 9.17) is 5.73 Å². The molecular formula is C49H76N6O10S. The van der Waals surface area contributed by atoms with Crippen LogP contribution in [0.5, 0.6) is 0 Å². The van der Waals surface area contributed by atoms with E-state index in [1.54, 1.807) is 30.3 Å². The number of sulfone groups is 1. The topological polar surface area (TPSA) is 260 Å². The van der Waals surface area contributed by atoms with E-state index in [-0.39, 0.29) is 43.4 Å². The van der Waals surface area contributed by atoms with E-state index in [0.717, 1.165) is 76.0 Å². The van der Waals surface area contributed by atoms with Crippen molar-refractivity contribution in [3.8, 4) is 0 Å². The quantitative estimate of drug-likeness (QED) is 0.0477. The minimum atomic E-state index is -3.67. The van der Waals surface area contributed by atoms with Crippen LogP contribution in [-0.4, -0.2) is 97.2 Å². The van der Waals surface area contributed by atoms with Crippen molar-refractivity contribution in [2.45, 2.75) is 167 Å². The van der Waals surface area contributed by atoms with Crippen LogP contribution in [0.1, 0.15) is 135 Å². The Morgan fingerprint density at radius 2 is 0.924 bits per heavy atom. The molecule has 17 heteroatoms. The predicted octanol–water partition coefficient (Wildman–Crippen LogP) is 4.67. The molecule has 0 saturated carbocycles. The number of benzene rings is 2. The summed E-state index contributed by atoms with van der Waals surface area (Å²) < 4.78 is 24.1. The summed E-state index contributed by atoms with van der Waals surface area (Å²) >= 11 is 0. The largest absolute Gasteiger partial charge is 0.480 e. The molecule has 2 aromatic carbocycles. The summed E-state index contributed by atoms with van der Waals surface area (Å²) in [6.07, 6.45) is 13.2. The highest BCUT2D eigenvalue weighted by atomic mass is 32.2. The van der Waals surface area contributed by atoms with Gasteiger partial charge in [-0.25, -0.2) is 13.2 Å². The molecule has 0 aliphatic heterocycles. The third-order valence-electron chi connectivity index (χ3n) is 11.1. The van der Waals surface area contributed by atoms with Crippen molar-refractivity contribution in [1.29, 1.82) is 0 Å². The Labute approximate surface area is 392 Å². The van der Waals surface area contributed by atoms with Crippen LogP contribution in [0.3, 0.4) is 0 Å². The summed E-state index contributed by atoms with van der Waals surface area (Å²) in [4.78, 5) is 89.4. The third kappa shape index (κ3) is 24.8. The van der Waals surface area contributed by atoms with Gasteiger partial charge in [0.15, 0.2) is 0 Å². The van der Waals surface area contributed by atoms with Gasteiger partial charge in [0.1, 0.15) is 40.0 Å². The highest BCUT2D eigenvalue weighted by molar-refractivity contribution is 7.90. The average molecular weight is 941 g/mol. The molecule has 0 heterocycles. The van der Waals surface area contributed by atoms with Gasteiger partial charge in [0, 0.05) is 31.9 Å². The summed E-state index contributed by atoms with van der Waals surface area (Å²) in [6, 6.07) is 12.5. The molecule has 0 fully saturated rings. The average Bonchev–Trinajstić information content (AvgIpc) is 3.24. The molecule has 16 nitrogen and oxygen atoms in total. The van der Waals surface area contributed by atoms with Crippen LogP contribution in [0.4, 0.5) is 0 Å². The fourth-order valence-corrected chi connectivity index (χ4v) is 8.34. The van der Waals surface area contributed by atoms with E-state index in [1.165, 1.54) is 0 Å². The third-order valence-corrected chi connectivity index (χ3v) is 12.1. The number of primary amides is 1. The first kappa shape index (κ1) is 56.8. The summed E-state index contributed by atoms with van der Waals surface area (Å²) in [7, 11) is -3.67. The molecule has 368 valence electrons. The number of amides is 6. The zero-order valence-electron chi connectivity index (χ0n) is 39.6. The van der Waals surface area contributed by atoms with E-state index < -0.39 is 81.3 Å². The second kappa shape index (κ2) is 30.8. The molecule has 0 saturated heterocycles. The van der Waals surface area contributed by atoms with Gasteiger partial charge in [0.2, 0.25) is 35.4 Å². The van der Waals surface area contributed by atoms with Gasteiger partial charge < -0.3 is 37.4 Å². The lowest BCUT2D eigenvalue weighted by atomic mass is 9.99. The Morgan fingerprint density at radius 3 is 1.33 bits per heavy atom. The number of carboxylic acids is 1. The number of carbonyl (C=O) groups excluding carboxylic acids is 6.